The highest BCUT2D eigenvalue weighted by molar-refractivity contribution is 5.76. The highest BCUT2D eigenvalue weighted by Crippen LogP contribution is 2.16. The summed E-state index contributed by atoms with van der Waals surface area (Å²) >= 11 is 0. The Balaban J connectivity index is 3.49. The summed E-state index contributed by atoms with van der Waals surface area (Å²) in [4.78, 5) is 24.5. The molecule has 0 rings (SSSR count). The molecule has 2 atom stereocenters. The molecule has 0 spiro atoms. The highest BCUT2D eigenvalue weighted by Gasteiger charge is 2.18. The van der Waals surface area contributed by atoms with Gasteiger partial charge in [-0.25, -0.2) is 0 Å². The van der Waals surface area contributed by atoms with Gasteiger partial charge >= 0.3 is 5.97 Å². The summed E-state index contributed by atoms with van der Waals surface area (Å²) in [6.45, 7) is 4.85. The van der Waals surface area contributed by atoms with E-state index in [1.807, 2.05) is 6.08 Å². The van der Waals surface area contributed by atoms with E-state index < -0.39 is 12.1 Å². The van der Waals surface area contributed by atoms with Gasteiger partial charge in [-0.3, -0.25) is 9.59 Å². The van der Waals surface area contributed by atoms with E-state index in [0.29, 0.717) is 19.4 Å². The molecule has 2 unspecified atom stereocenters. The molecule has 6 nitrogen and oxygen atoms in total. The van der Waals surface area contributed by atoms with E-state index in [9.17, 15) is 19.8 Å². The molecule has 0 aromatic carbocycles. The zero-order valence-corrected chi connectivity index (χ0v) is 46.5. The summed E-state index contributed by atoms with van der Waals surface area (Å²) in [5.74, 6) is -0.0872. The van der Waals surface area contributed by atoms with E-state index in [2.05, 4.69) is 67.8 Å². The summed E-state index contributed by atoms with van der Waals surface area (Å²) in [6.07, 6.45) is 76.8. The van der Waals surface area contributed by atoms with E-state index in [0.717, 1.165) is 70.6 Å². The Morgan fingerprint density at radius 2 is 0.729 bits per heavy atom. The van der Waals surface area contributed by atoms with Crippen LogP contribution in [-0.2, 0) is 14.3 Å². The first kappa shape index (κ1) is 67.6. The van der Waals surface area contributed by atoms with E-state index >= 15 is 0 Å². The molecule has 0 aromatic heterocycles. The maximum atomic E-state index is 12.5. The van der Waals surface area contributed by atoms with Gasteiger partial charge in [0.05, 0.1) is 25.4 Å². The first-order chi connectivity index (χ1) is 34.5. The lowest BCUT2D eigenvalue weighted by atomic mass is 10.0. The van der Waals surface area contributed by atoms with Crippen molar-refractivity contribution in [1.82, 2.24) is 5.32 Å². The molecule has 0 saturated heterocycles. The zero-order valence-electron chi connectivity index (χ0n) is 46.5. The summed E-state index contributed by atoms with van der Waals surface area (Å²) in [6, 6.07) is -0.637. The summed E-state index contributed by atoms with van der Waals surface area (Å²) in [5, 5.41) is 23.1. The Morgan fingerprint density at radius 3 is 1.13 bits per heavy atom. The maximum Gasteiger partial charge on any atom is 0.305 e. The zero-order chi connectivity index (χ0) is 50.7. The molecule has 0 radical (unpaired) electrons. The molecule has 0 aliphatic rings. The van der Waals surface area contributed by atoms with Crippen molar-refractivity contribution in [3.05, 3.63) is 60.8 Å². The van der Waals surface area contributed by atoms with Crippen LogP contribution < -0.4 is 5.32 Å². The number of allylic oxidation sites excluding steroid dienone is 9. The van der Waals surface area contributed by atoms with Crippen LogP contribution in [0.25, 0.3) is 0 Å². The van der Waals surface area contributed by atoms with Crippen molar-refractivity contribution in [3.63, 3.8) is 0 Å². The Morgan fingerprint density at radius 1 is 0.400 bits per heavy atom. The van der Waals surface area contributed by atoms with Crippen LogP contribution in [0.5, 0.6) is 0 Å². The number of carbonyl (C=O) groups is 2. The molecule has 408 valence electrons. The number of aliphatic hydroxyl groups excluding tert-OH is 2. The molecule has 0 saturated carbocycles. The number of unbranched alkanes of at least 4 members (excludes halogenated alkanes) is 37. The topological polar surface area (TPSA) is 95.9 Å². The first-order valence-corrected chi connectivity index (χ1v) is 30.6. The monoisotopic (exact) mass is 980 g/mol. The van der Waals surface area contributed by atoms with Crippen molar-refractivity contribution < 1.29 is 24.5 Å². The van der Waals surface area contributed by atoms with Gasteiger partial charge in [-0.15, -0.1) is 0 Å². The predicted octanol–water partition coefficient (Wildman–Crippen LogP) is 19.1. The molecule has 0 aliphatic heterocycles. The summed E-state index contributed by atoms with van der Waals surface area (Å²) < 4.78 is 5.46. The van der Waals surface area contributed by atoms with Crippen molar-refractivity contribution in [2.75, 3.05) is 13.2 Å². The van der Waals surface area contributed by atoms with Crippen LogP contribution in [0.1, 0.15) is 309 Å². The average Bonchev–Trinajstić information content (AvgIpc) is 3.36. The average molecular weight is 981 g/mol. The molecule has 0 aliphatic carbocycles. The van der Waals surface area contributed by atoms with Gasteiger partial charge in [0, 0.05) is 12.8 Å². The number of amides is 1. The molecule has 3 N–H and O–H groups in total. The molecule has 0 fully saturated rings. The van der Waals surface area contributed by atoms with E-state index in [-0.39, 0.29) is 18.5 Å². The van der Waals surface area contributed by atoms with Crippen LogP contribution in [0, 0.1) is 0 Å². The second-order valence-corrected chi connectivity index (χ2v) is 20.7. The third kappa shape index (κ3) is 54.9. The Bertz CT molecular complexity index is 1220. The van der Waals surface area contributed by atoms with Crippen LogP contribution in [0.2, 0.25) is 0 Å². The van der Waals surface area contributed by atoms with Gasteiger partial charge < -0.3 is 20.3 Å². The van der Waals surface area contributed by atoms with Crippen molar-refractivity contribution >= 4 is 11.9 Å². The van der Waals surface area contributed by atoms with Crippen LogP contribution >= 0.6 is 0 Å². The molecular weight excluding hydrogens is 863 g/mol. The molecule has 6 heteroatoms. The largest absolute Gasteiger partial charge is 0.466 e. The normalized spacial score (nSPS) is 13.0. The smallest absolute Gasteiger partial charge is 0.305 e. The molecule has 0 heterocycles. The van der Waals surface area contributed by atoms with Crippen molar-refractivity contribution in [3.8, 4) is 0 Å². The standard InChI is InChI=1S/C64H117NO5/c1-3-5-7-9-11-13-15-17-19-29-32-36-40-44-48-52-56-62(67)61(60-66)65-63(68)57-53-49-45-41-37-33-30-27-25-23-21-20-22-24-26-28-31-35-39-43-47-51-55-59-70-64(69)58-54-50-46-42-38-34-18-16-14-12-10-8-6-4-2/h10,12,16,18,20,22-23,25,52,56,61-62,66-67H,3-9,11,13-15,17,19,21,24,26-51,53-55,57-60H2,1-2H3,(H,65,68)/b12-10-,18-16-,22-20-,25-23-,56-52+. The molecular formula is C64H117NO5. The second-order valence-electron chi connectivity index (χ2n) is 20.7. The van der Waals surface area contributed by atoms with E-state index in [1.54, 1.807) is 6.08 Å². The fourth-order valence-corrected chi connectivity index (χ4v) is 9.03. The summed E-state index contributed by atoms with van der Waals surface area (Å²) in [7, 11) is 0. The van der Waals surface area contributed by atoms with Gasteiger partial charge in [-0.2, -0.15) is 0 Å². The highest BCUT2D eigenvalue weighted by atomic mass is 16.5. The molecule has 70 heavy (non-hydrogen) atoms. The first-order valence-electron chi connectivity index (χ1n) is 30.6. The Kier molecular flexibility index (Phi) is 57.1. The van der Waals surface area contributed by atoms with Gasteiger partial charge in [0.25, 0.3) is 0 Å². The van der Waals surface area contributed by atoms with Crippen LogP contribution in [0.4, 0.5) is 0 Å². The number of aliphatic hydroxyl groups is 2. The summed E-state index contributed by atoms with van der Waals surface area (Å²) in [5.41, 5.74) is 0. The SMILES string of the molecule is CCCC/C=C\C/C=C\CCCCCCCC(=O)OCCCCCCCCCCC/C=C\C/C=C\CCCCCCCCCC(=O)NC(CO)C(O)/C=C/CCCCCCCCCCCCCCCC. The molecule has 1 amide bonds. The number of hydrogen-bond donors (Lipinski definition) is 3. The maximum absolute atomic E-state index is 12.5. The van der Waals surface area contributed by atoms with Gasteiger partial charge in [-0.1, -0.05) is 267 Å². The van der Waals surface area contributed by atoms with Crippen molar-refractivity contribution in [1.29, 1.82) is 0 Å². The van der Waals surface area contributed by atoms with E-state index in [4.69, 9.17) is 4.74 Å². The minimum Gasteiger partial charge on any atom is -0.466 e. The van der Waals surface area contributed by atoms with Crippen LogP contribution in [0.3, 0.4) is 0 Å². The minimum atomic E-state index is -0.852. The fourth-order valence-electron chi connectivity index (χ4n) is 9.03. The van der Waals surface area contributed by atoms with Crippen LogP contribution in [0.15, 0.2) is 60.8 Å². The molecule has 0 aromatic rings. The van der Waals surface area contributed by atoms with Gasteiger partial charge in [0.2, 0.25) is 5.91 Å². The minimum absolute atomic E-state index is 0.00879. The fraction of sp³-hybridized carbons (Fsp3) is 0.812. The number of ether oxygens (including phenoxy) is 1. The second kappa shape index (κ2) is 59.1. The lowest BCUT2D eigenvalue weighted by Gasteiger charge is -2.20. The van der Waals surface area contributed by atoms with Crippen molar-refractivity contribution in [2.24, 2.45) is 0 Å². The third-order valence-electron chi connectivity index (χ3n) is 13.8. The molecule has 0 bridgehead atoms. The quantitative estimate of drug-likeness (QED) is 0.0321. The van der Waals surface area contributed by atoms with Gasteiger partial charge in [-0.05, 0) is 89.9 Å². The Hall–Kier alpha value is -2.44. The third-order valence-corrected chi connectivity index (χ3v) is 13.8. The lowest BCUT2D eigenvalue weighted by molar-refractivity contribution is -0.143. The number of esters is 1. The number of rotatable bonds is 56. The number of carbonyl (C=O) groups excluding carboxylic acids is 2. The Labute approximate surface area is 435 Å². The predicted molar refractivity (Wildman–Crippen MR) is 305 cm³/mol. The van der Waals surface area contributed by atoms with E-state index in [1.165, 1.54) is 212 Å². The van der Waals surface area contributed by atoms with Crippen LogP contribution in [-0.4, -0.2) is 47.4 Å². The van der Waals surface area contributed by atoms with Gasteiger partial charge in [0.1, 0.15) is 0 Å². The lowest BCUT2D eigenvalue weighted by Crippen LogP contribution is -2.45. The van der Waals surface area contributed by atoms with Crippen molar-refractivity contribution in [2.45, 2.75) is 321 Å². The van der Waals surface area contributed by atoms with Gasteiger partial charge in [0.15, 0.2) is 0 Å². The number of hydrogen-bond acceptors (Lipinski definition) is 5. The number of nitrogens with one attached hydrogen (secondary N) is 1.